The molecule has 2 atom stereocenters. The zero-order valence-electron chi connectivity index (χ0n) is 19.3. The first-order valence-corrected chi connectivity index (χ1v) is 11.2. The highest BCUT2D eigenvalue weighted by molar-refractivity contribution is 6.00. The van der Waals surface area contributed by atoms with Gasteiger partial charge in [-0.3, -0.25) is 9.59 Å². The van der Waals surface area contributed by atoms with E-state index >= 15 is 0 Å². The number of carbonyl (C=O) groups is 2. The summed E-state index contributed by atoms with van der Waals surface area (Å²) in [5.41, 5.74) is 9.03. The molecule has 36 heavy (non-hydrogen) atoms. The monoisotopic (exact) mass is 484 g/mol. The third kappa shape index (κ3) is 4.57. The van der Waals surface area contributed by atoms with Crippen LogP contribution in [0.4, 0.5) is 11.6 Å². The lowest BCUT2D eigenvalue weighted by Gasteiger charge is -2.24. The van der Waals surface area contributed by atoms with Crippen LogP contribution in [0.5, 0.6) is 5.75 Å². The summed E-state index contributed by atoms with van der Waals surface area (Å²) >= 11 is 0. The number of benzene rings is 3. The number of aliphatic hydroxyl groups is 1. The summed E-state index contributed by atoms with van der Waals surface area (Å²) in [7, 11) is 1.57. The molecule has 7 N–H and O–H groups in total. The molecule has 2 unspecified atom stereocenters. The Labute approximate surface area is 205 Å². The third-order valence-electron chi connectivity index (χ3n) is 5.87. The number of nitrogens with zero attached hydrogens (tertiary/aromatic N) is 1. The number of ether oxygens (including phenoxy) is 1. The molecule has 0 saturated heterocycles. The maximum absolute atomic E-state index is 13.1. The summed E-state index contributed by atoms with van der Waals surface area (Å²) in [6.45, 7) is 0. The lowest BCUT2D eigenvalue weighted by molar-refractivity contribution is -0.125. The van der Waals surface area contributed by atoms with Gasteiger partial charge in [-0.15, -0.1) is 0 Å². The van der Waals surface area contributed by atoms with Crippen molar-refractivity contribution in [3.05, 3.63) is 84.1 Å². The van der Waals surface area contributed by atoms with Gasteiger partial charge in [0, 0.05) is 16.6 Å². The molecule has 0 saturated carbocycles. The minimum atomic E-state index is -1.58. The van der Waals surface area contributed by atoms with Gasteiger partial charge in [-0.25, -0.2) is 4.98 Å². The first-order chi connectivity index (χ1) is 17.4. The number of aromatic amines is 2. The number of nitrogen functional groups attached to an aromatic ring is 1. The number of carbonyl (C=O) groups excluding carboxylic acids is 2. The molecule has 0 radical (unpaired) electrons. The van der Waals surface area contributed by atoms with Gasteiger partial charge in [0.25, 0.3) is 11.8 Å². The highest BCUT2D eigenvalue weighted by Gasteiger charge is 2.30. The number of fused-ring (bicyclic) bond motifs is 2. The number of aliphatic hydroxyl groups excluding tert-OH is 1. The van der Waals surface area contributed by atoms with Gasteiger partial charge < -0.3 is 36.2 Å². The van der Waals surface area contributed by atoms with Gasteiger partial charge in [0.2, 0.25) is 0 Å². The van der Waals surface area contributed by atoms with Crippen LogP contribution in [0.2, 0.25) is 0 Å². The summed E-state index contributed by atoms with van der Waals surface area (Å²) < 4.78 is 5.24. The van der Waals surface area contributed by atoms with Gasteiger partial charge in [0.05, 0.1) is 24.2 Å². The van der Waals surface area contributed by atoms with Crippen molar-refractivity contribution in [3.63, 3.8) is 0 Å². The van der Waals surface area contributed by atoms with Gasteiger partial charge in [0.1, 0.15) is 11.4 Å². The zero-order chi connectivity index (χ0) is 25.2. The molecule has 0 fully saturated rings. The minimum absolute atomic E-state index is 0.260. The highest BCUT2D eigenvalue weighted by Crippen LogP contribution is 2.24. The van der Waals surface area contributed by atoms with Gasteiger partial charge in [-0.05, 0) is 48.0 Å². The predicted molar refractivity (Wildman–Crippen MR) is 137 cm³/mol. The van der Waals surface area contributed by atoms with E-state index in [0.717, 1.165) is 10.9 Å². The second-order valence-electron chi connectivity index (χ2n) is 8.29. The maximum atomic E-state index is 13.1. The van der Waals surface area contributed by atoms with Crippen molar-refractivity contribution in [2.75, 3.05) is 18.2 Å². The zero-order valence-corrected chi connectivity index (χ0v) is 19.3. The van der Waals surface area contributed by atoms with Crippen molar-refractivity contribution in [3.8, 4) is 5.75 Å². The Bertz CT molecular complexity index is 1560. The number of rotatable bonds is 7. The average Bonchev–Trinajstić information content (AvgIpc) is 3.49. The fourth-order valence-electron chi connectivity index (χ4n) is 4.06. The molecule has 2 heterocycles. The molecule has 182 valence electrons. The Morgan fingerprint density at radius 2 is 1.81 bits per heavy atom. The van der Waals surface area contributed by atoms with Crippen LogP contribution >= 0.6 is 0 Å². The van der Waals surface area contributed by atoms with Crippen LogP contribution in [-0.2, 0) is 4.79 Å². The van der Waals surface area contributed by atoms with Crippen LogP contribution in [0.15, 0.2) is 72.8 Å². The van der Waals surface area contributed by atoms with Crippen molar-refractivity contribution < 1.29 is 19.4 Å². The predicted octanol–water partition coefficient (Wildman–Crippen LogP) is 3.11. The van der Waals surface area contributed by atoms with Crippen LogP contribution < -0.4 is 21.1 Å². The Kier molecular flexibility index (Phi) is 6.01. The molecular weight excluding hydrogens is 460 g/mol. The van der Waals surface area contributed by atoms with E-state index in [1.165, 1.54) is 0 Å². The highest BCUT2D eigenvalue weighted by atomic mass is 16.5. The van der Waals surface area contributed by atoms with E-state index in [9.17, 15) is 14.7 Å². The molecule has 0 spiro atoms. The fraction of sp³-hybridized carbons (Fsp3) is 0.115. The number of methoxy groups -OCH3 is 1. The van der Waals surface area contributed by atoms with E-state index in [1.807, 2.05) is 18.2 Å². The van der Waals surface area contributed by atoms with E-state index in [2.05, 4.69) is 25.6 Å². The molecule has 3 aromatic carbocycles. The molecule has 10 nitrogen and oxygen atoms in total. The summed E-state index contributed by atoms with van der Waals surface area (Å²) in [5, 5.41) is 17.3. The van der Waals surface area contributed by atoms with E-state index in [0.29, 0.717) is 28.0 Å². The van der Waals surface area contributed by atoms with Crippen molar-refractivity contribution in [1.29, 1.82) is 0 Å². The van der Waals surface area contributed by atoms with Gasteiger partial charge in [-0.2, -0.15) is 0 Å². The van der Waals surface area contributed by atoms with Crippen LogP contribution in [0.25, 0.3) is 21.9 Å². The number of H-pyrrole nitrogens is 2. The number of nitrogens with two attached hydrogens (primary N) is 1. The van der Waals surface area contributed by atoms with Crippen molar-refractivity contribution >= 4 is 45.4 Å². The van der Waals surface area contributed by atoms with Gasteiger partial charge in [-0.1, -0.05) is 30.3 Å². The van der Waals surface area contributed by atoms with E-state index in [-0.39, 0.29) is 11.6 Å². The Balaban J connectivity index is 1.38. The number of aromatic nitrogens is 3. The second kappa shape index (κ2) is 9.43. The molecule has 5 aromatic rings. The number of amides is 2. The number of hydrogen-bond acceptors (Lipinski definition) is 6. The minimum Gasteiger partial charge on any atom is -0.497 e. The summed E-state index contributed by atoms with van der Waals surface area (Å²) in [6.07, 6.45) is -1.58. The smallest absolute Gasteiger partial charge is 0.268 e. The molecule has 0 aliphatic carbocycles. The molecule has 2 amide bonds. The molecular formula is C26H24N6O4. The largest absolute Gasteiger partial charge is 0.497 e. The topological polar surface area (TPSA) is 158 Å². The number of anilines is 2. The fourth-order valence-corrected chi connectivity index (χ4v) is 4.06. The normalized spacial score (nSPS) is 12.8. The third-order valence-corrected chi connectivity index (χ3v) is 5.87. The average molecular weight is 485 g/mol. The Hall–Kier alpha value is -4.83. The molecule has 10 heteroatoms. The van der Waals surface area contributed by atoms with Crippen LogP contribution in [0, 0.1) is 0 Å². The first kappa shape index (κ1) is 22.9. The van der Waals surface area contributed by atoms with Gasteiger partial charge in [0.15, 0.2) is 12.1 Å². The maximum Gasteiger partial charge on any atom is 0.268 e. The SMILES string of the molecule is COc1ccc2[nH]c(C(=O)NC(c3ccccc3)C(O)C(=O)Nc3ccc4nc(N)[nH]c4c3)cc2c1. The lowest BCUT2D eigenvalue weighted by Crippen LogP contribution is -2.42. The standard InChI is InChI=1S/C26H24N6O4/c1-36-17-8-10-18-15(11-17)12-21(29-18)24(34)32-22(14-5-3-2-4-6-14)23(33)25(35)28-16-7-9-19-20(13-16)31-26(27)30-19/h2-13,22-23,29,33H,1H3,(H,28,35)(H,32,34)(H3,27,30,31). The second-order valence-corrected chi connectivity index (χ2v) is 8.29. The molecule has 0 aliphatic rings. The van der Waals surface area contributed by atoms with Crippen LogP contribution in [0.3, 0.4) is 0 Å². The molecule has 2 aromatic heterocycles. The lowest BCUT2D eigenvalue weighted by atomic mass is 10.00. The Morgan fingerprint density at radius 3 is 2.58 bits per heavy atom. The van der Waals surface area contributed by atoms with Crippen molar-refractivity contribution in [2.45, 2.75) is 12.1 Å². The van der Waals surface area contributed by atoms with Crippen molar-refractivity contribution in [1.82, 2.24) is 20.3 Å². The van der Waals surface area contributed by atoms with Gasteiger partial charge >= 0.3 is 0 Å². The molecule has 5 rings (SSSR count). The number of hydrogen-bond donors (Lipinski definition) is 6. The summed E-state index contributed by atoms with van der Waals surface area (Å²) in [5.74, 6) is -0.230. The first-order valence-electron chi connectivity index (χ1n) is 11.2. The molecule has 0 aliphatic heterocycles. The Morgan fingerprint density at radius 1 is 1.00 bits per heavy atom. The number of imidazole rings is 1. The quantitative estimate of drug-likeness (QED) is 0.208. The number of nitrogens with one attached hydrogen (secondary N) is 4. The van der Waals surface area contributed by atoms with Crippen molar-refractivity contribution in [2.24, 2.45) is 0 Å². The van der Waals surface area contributed by atoms with E-state index < -0.39 is 24.0 Å². The molecule has 0 bridgehead atoms. The summed E-state index contributed by atoms with van der Waals surface area (Å²) in [6, 6.07) is 19.9. The van der Waals surface area contributed by atoms with E-state index in [1.54, 1.807) is 61.7 Å². The van der Waals surface area contributed by atoms with E-state index in [4.69, 9.17) is 10.5 Å². The summed E-state index contributed by atoms with van der Waals surface area (Å²) in [4.78, 5) is 36.2. The van der Waals surface area contributed by atoms with Crippen LogP contribution in [-0.4, -0.2) is 45.1 Å². The van der Waals surface area contributed by atoms with Crippen LogP contribution in [0.1, 0.15) is 22.1 Å².